The molecule has 7 heteroatoms. The van der Waals surface area contributed by atoms with Crippen molar-refractivity contribution in [1.29, 1.82) is 0 Å². The summed E-state index contributed by atoms with van der Waals surface area (Å²) in [5, 5.41) is 1.89. The number of hydrogen-bond acceptors (Lipinski definition) is 6. The SMILES string of the molecule is Cc1csc2nc(COc3ccc(C(=O)OC(C)C)cc3)cc(=O)n12. The van der Waals surface area contributed by atoms with Crippen molar-refractivity contribution in [2.24, 2.45) is 0 Å². The zero-order chi connectivity index (χ0) is 18.0. The monoisotopic (exact) mass is 358 g/mol. The molecule has 130 valence electrons. The van der Waals surface area contributed by atoms with E-state index in [1.54, 1.807) is 42.5 Å². The average molecular weight is 358 g/mol. The Bertz CT molecular complexity index is 957. The van der Waals surface area contributed by atoms with Crippen molar-refractivity contribution in [3.05, 3.63) is 63.0 Å². The smallest absolute Gasteiger partial charge is 0.338 e. The van der Waals surface area contributed by atoms with E-state index in [-0.39, 0.29) is 24.2 Å². The van der Waals surface area contributed by atoms with E-state index in [1.807, 2.05) is 12.3 Å². The average Bonchev–Trinajstić information content (AvgIpc) is 2.94. The van der Waals surface area contributed by atoms with E-state index in [0.717, 1.165) is 5.69 Å². The Hall–Kier alpha value is -2.67. The van der Waals surface area contributed by atoms with Gasteiger partial charge in [0.25, 0.3) is 5.56 Å². The van der Waals surface area contributed by atoms with Gasteiger partial charge >= 0.3 is 5.97 Å². The lowest BCUT2D eigenvalue weighted by atomic mass is 10.2. The third kappa shape index (κ3) is 3.88. The van der Waals surface area contributed by atoms with E-state index in [2.05, 4.69) is 4.98 Å². The second-order valence-corrected chi connectivity index (χ2v) is 6.68. The second-order valence-electron chi connectivity index (χ2n) is 5.85. The van der Waals surface area contributed by atoms with Gasteiger partial charge in [0.1, 0.15) is 12.4 Å². The van der Waals surface area contributed by atoms with Crippen LogP contribution in [0.4, 0.5) is 0 Å². The maximum absolute atomic E-state index is 12.1. The minimum absolute atomic E-state index is 0.117. The number of benzene rings is 1. The van der Waals surface area contributed by atoms with Crippen LogP contribution in [0.5, 0.6) is 5.75 Å². The maximum atomic E-state index is 12.1. The van der Waals surface area contributed by atoms with Crippen LogP contribution in [-0.2, 0) is 11.3 Å². The van der Waals surface area contributed by atoms with Crippen LogP contribution in [0, 0.1) is 6.92 Å². The Morgan fingerprint density at radius 2 is 2.00 bits per heavy atom. The summed E-state index contributed by atoms with van der Waals surface area (Å²) in [6, 6.07) is 8.15. The van der Waals surface area contributed by atoms with E-state index in [4.69, 9.17) is 9.47 Å². The highest BCUT2D eigenvalue weighted by Gasteiger charge is 2.10. The Labute approximate surface area is 148 Å². The van der Waals surface area contributed by atoms with Gasteiger partial charge in [-0.1, -0.05) is 0 Å². The largest absolute Gasteiger partial charge is 0.487 e. The minimum atomic E-state index is -0.366. The van der Waals surface area contributed by atoms with Gasteiger partial charge in [-0.25, -0.2) is 9.78 Å². The van der Waals surface area contributed by atoms with Gasteiger partial charge in [-0.3, -0.25) is 9.20 Å². The first-order valence-corrected chi connectivity index (χ1v) is 8.72. The van der Waals surface area contributed by atoms with E-state index >= 15 is 0 Å². The van der Waals surface area contributed by atoms with Crippen molar-refractivity contribution in [1.82, 2.24) is 9.38 Å². The van der Waals surface area contributed by atoms with Gasteiger partial charge in [0.05, 0.1) is 17.4 Å². The summed E-state index contributed by atoms with van der Waals surface area (Å²) in [7, 11) is 0. The number of rotatable bonds is 5. The molecule has 3 rings (SSSR count). The van der Waals surface area contributed by atoms with Gasteiger partial charge in [0.15, 0.2) is 4.96 Å². The van der Waals surface area contributed by atoms with Gasteiger partial charge in [0, 0.05) is 17.1 Å². The quantitative estimate of drug-likeness (QED) is 0.655. The first-order valence-electron chi connectivity index (χ1n) is 7.84. The number of hydrogen-bond donors (Lipinski definition) is 0. The zero-order valence-corrected chi connectivity index (χ0v) is 15.0. The third-order valence-electron chi connectivity index (χ3n) is 3.45. The van der Waals surface area contributed by atoms with Crippen LogP contribution in [0.1, 0.15) is 35.6 Å². The number of fused-ring (bicyclic) bond motifs is 1. The molecule has 0 bridgehead atoms. The predicted octanol–water partition coefficient (Wildman–Crippen LogP) is 3.21. The molecule has 0 amide bonds. The fourth-order valence-corrected chi connectivity index (χ4v) is 3.19. The molecule has 0 spiro atoms. The minimum Gasteiger partial charge on any atom is -0.487 e. The normalized spacial score (nSPS) is 11.0. The Morgan fingerprint density at radius 3 is 2.68 bits per heavy atom. The summed E-state index contributed by atoms with van der Waals surface area (Å²) in [5.41, 5.74) is 1.78. The molecule has 6 nitrogen and oxygen atoms in total. The molecule has 2 aromatic heterocycles. The zero-order valence-electron chi connectivity index (χ0n) is 14.2. The number of carbonyl (C=O) groups is 1. The highest BCUT2D eigenvalue weighted by atomic mass is 32.1. The van der Waals surface area contributed by atoms with E-state index in [9.17, 15) is 9.59 Å². The van der Waals surface area contributed by atoms with Crippen LogP contribution in [0.25, 0.3) is 4.96 Å². The molecule has 3 aromatic rings. The predicted molar refractivity (Wildman–Crippen MR) is 95.4 cm³/mol. The van der Waals surface area contributed by atoms with Crippen molar-refractivity contribution < 1.29 is 14.3 Å². The van der Waals surface area contributed by atoms with Crippen LogP contribution in [-0.4, -0.2) is 21.5 Å². The topological polar surface area (TPSA) is 69.9 Å². The number of carbonyl (C=O) groups excluding carboxylic acids is 1. The van der Waals surface area contributed by atoms with Crippen LogP contribution in [0.15, 0.2) is 40.5 Å². The molecule has 0 aliphatic carbocycles. The third-order valence-corrected chi connectivity index (χ3v) is 4.39. The number of thiazole rings is 1. The van der Waals surface area contributed by atoms with E-state index in [1.165, 1.54) is 17.4 Å². The number of nitrogens with zero attached hydrogens (tertiary/aromatic N) is 2. The fourth-order valence-electron chi connectivity index (χ4n) is 2.30. The molecule has 0 aliphatic rings. The fraction of sp³-hybridized carbons (Fsp3) is 0.278. The maximum Gasteiger partial charge on any atom is 0.338 e. The van der Waals surface area contributed by atoms with Crippen LogP contribution < -0.4 is 10.3 Å². The molecule has 0 saturated heterocycles. The Balaban J connectivity index is 1.69. The van der Waals surface area contributed by atoms with Crippen LogP contribution in [0.2, 0.25) is 0 Å². The first kappa shape index (κ1) is 17.2. The van der Waals surface area contributed by atoms with Gasteiger partial charge < -0.3 is 9.47 Å². The number of aryl methyl sites for hydroxylation is 1. The van der Waals surface area contributed by atoms with Gasteiger partial charge in [-0.05, 0) is 45.0 Å². The highest BCUT2D eigenvalue weighted by molar-refractivity contribution is 7.15. The molecule has 0 N–H and O–H groups in total. The van der Waals surface area contributed by atoms with Crippen molar-refractivity contribution in [2.45, 2.75) is 33.5 Å². The van der Waals surface area contributed by atoms with E-state index < -0.39 is 0 Å². The van der Waals surface area contributed by atoms with E-state index in [0.29, 0.717) is 22.0 Å². The summed E-state index contributed by atoms with van der Waals surface area (Å²) in [6.07, 6.45) is -0.163. The molecular formula is C18H18N2O4S. The molecule has 1 aromatic carbocycles. The summed E-state index contributed by atoms with van der Waals surface area (Å²) in [6.45, 7) is 5.65. The summed E-state index contributed by atoms with van der Waals surface area (Å²) in [4.78, 5) is 29.0. The van der Waals surface area contributed by atoms with Crippen LogP contribution in [0.3, 0.4) is 0 Å². The lowest BCUT2D eigenvalue weighted by Gasteiger charge is -2.09. The van der Waals surface area contributed by atoms with Gasteiger partial charge in [0.2, 0.25) is 0 Å². The summed E-state index contributed by atoms with van der Waals surface area (Å²) >= 11 is 1.42. The molecule has 0 atom stereocenters. The van der Waals surface area contributed by atoms with Gasteiger partial charge in [-0.15, -0.1) is 11.3 Å². The molecule has 0 saturated carbocycles. The van der Waals surface area contributed by atoms with Crippen molar-refractivity contribution in [3.63, 3.8) is 0 Å². The van der Waals surface area contributed by atoms with Crippen molar-refractivity contribution in [3.8, 4) is 5.75 Å². The second kappa shape index (κ2) is 7.06. The highest BCUT2D eigenvalue weighted by Crippen LogP contribution is 2.16. The summed E-state index contributed by atoms with van der Waals surface area (Å²) < 4.78 is 12.4. The molecule has 0 radical (unpaired) electrons. The summed E-state index contributed by atoms with van der Waals surface area (Å²) in [5.74, 6) is 0.222. The van der Waals surface area contributed by atoms with Crippen LogP contribution >= 0.6 is 11.3 Å². The molecule has 25 heavy (non-hydrogen) atoms. The standard InChI is InChI=1S/C18H18N2O4S/c1-11(2)24-17(22)13-4-6-15(7-5-13)23-9-14-8-16(21)20-12(3)10-25-18(20)19-14/h4-8,10-11H,9H2,1-3H3. The number of aromatic nitrogens is 2. The first-order chi connectivity index (χ1) is 11.9. The van der Waals surface area contributed by atoms with Crippen molar-refractivity contribution in [2.75, 3.05) is 0 Å². The number of esters is 1. The molecule has 0 fully saturated rings. The Morgan fingerprint density at radius 1 is 1.28 bits per heavy atom. The molecule has 0 aliphatic heterocycles. The number of ether oxygens (including phenoxy) is 2. The Kier molecular flexibility index (Phi) is 4.85. The lowest BCUT2D eigenvalue weighted by molar-refractivity contribution is 0.0378. The molecule has 2 heterocycles. The lowest BCUT2D eigenvalue weighted by Crippen LogP contribution is -2.16. The van der Waals surface area contributed by atoms with Crippen molar-refractivity contribution >= 4 is 22.3 Å². The van der Waals surface area contributed by atoms with Gasteiger partial charge in [-0.2, -0.15) is 0 Å². The molecular weight excluding hydrogens is 340 g/mol. The molecule has 0 unspecified atom stereocenters.